The minimum absolute atomic E-state index is 0.102. The third-order valence-corrected chi connectivity index (χ3v) is 13.1. The molecule has 0 spiro atoms. The number of carbonyl (C=O) groups is 1. The molecule has 5 heteroatoms. The van der Waals surface area contributed by atoms with Gasteiger partial charge in [0.1, 0.15) is 6.10 Å². The molecule has 6 aliphatic rings. The fraction of sp³-hybridized carbons (Fsp3) is 0.933. The number of rotatable bonds is 2. The summed E-state index contributed by atoms with van der Waals surface area (Å²) in [5.74, 6) is 6.00. The first-order valence-corrected chi connectivity index (χ1v) is 15.5. The maximum atomic E-state index is 11.6. The van der Waals surface area contributed by atoms with Gasteiger partial charge >= 0.3 is 5.97 Å². The lowest BCUT2D eigenvalue weighted by Crippen LogP contribution is -2.56. The molecule has 2 aliphatic heterocycles. The van der Waals surface area contributed by atoms with E-state index in [-0.39, 0.29) is 12.1 Å². The van der Waals surface area contributed by atoms with Gasteiger partial charge in [0.15, 0.2) is 0 Å². The summed E-state index contributed by atoms with van der Waals surface area (Å²) in [7, 11) is 0. The van der Waals surface area contributed by atoms with Crippen molar-refractivity contribution < 1.29 is 9.53 Å². The van der Waals surface area contributed by atoms with Crippen LogP contribution in [0.3, 0.4) is 0 Å². The van der Waals surface area contributed by atoms with Gasteiger partial charge in [-0.1, -0.05) is 27.7 Å². The van der Waals surface area contributed by atoms with Crippen molar-refractivity contribution >= 4 is 28.3 Å². The molecule has 6 rings (SSSR count). The van der Waals surface area contributed by atoms with Gasteiger partial charge in [-0.05, 0) is 110 Å². The summed E-state index contributed by atoms with van der Waals surface area (Å²) < 4.78 is 10.3. The second-order valence-corrected chi connectivity index (χ2v) is 14.7. The Morgan fingerprint density at radius 1 is 1.03 bits per heavy atom. The highest BCUT2D eigenvalue weighted by Gasteiger charge is 2.70. The summed E-state index contributed by atoms with van der Waals surface area (Å²) in [6.45, 7) is 13.3. The minimum atomic E-state index is -0.102. The Labute approximate surface area is 221 Å². The Balaban J connectivity index is 1.32. The lowest BCUT2D eigenvalue weighted by molar-refractivity contribution is -0.161. The molecular weight excluding hydrogens is 500 g/mol. The Hall–Kier alpha value is -0.420. The van der Waals surface area contributed by atoms with Gasteiger partial charge in [0, 0.05) is 37.7 Å². The van der Waals surface area contributed by atoms with Gasteiger partial charge in [-0.15, -0.1) is 0 Å². The number of piperidine rings is 1. The third-order valence-electron chi connectivity index (χ3n) is 12.9. The maximum absolute atomic E-state index is 11.6. The highest BCUT2D eigenvalue weighted by molar-refractivity contribution is 9.08. The van der Waals surface area contributed by atoms with Crippen LogP contribution < -0.4 is 0 Å². The normalized spacial score (nSPS) is 55.5. The van der Waals surface area contributed by atoms with Crippen LogP contribution in [-0.4, -0.2) is 41.8 Å². The average Bonchev–Trinajstić information content (AvgIpc) is 3.24. The van der Waals surface area contributed by atoms with E-state index in [1.54, 1.807) is 6.92 Å². The molecule has 4 aliphatic carbocycles. The summed E-state index contributed by atoms with van der Waals surface area (Å²) >= 11 is 3.50. The van der Waals surface area contributed by atoms with Crippen molar-refractivity contribution in [2.24, 2.45) is 62.2 Å². The number of carbonyl (C=O) groups excluding carboxylic acids is 1. The predicted octanol–water partition coefficient (Wildman–Crippen LogP) is 6.91. The van der Waals surface area contributed by atoms with Crippen molar-refractivity contribution in [1.29, 1.82) is 0 Å². The smallest absolute Gasteiger partial charge is 0.302 e. The Morgan fingerprint density at radius 2 is 1.80 bits per heavy atom. The summed E-state index contributed by atoms with van der Waals surface area (Å²) in [6.07, 6.45) is 14.1. The predicted molar refractivity (Wildman–Crippen MR) is 144 cm³/mol. The summed E-state index contributed by atoms with van der Waals surface area (Å²) in [6, 6.07) is 1.46. The van der Waals surface area contributed by atoms with Crippen molar-refractivity contribution in [3.05, 3.63) is 0 Å². The molecule has 35 heavy (non-hydrogen) atoms. The molecule has 4 nitrogen and oxygen atoms in total. The second kappa shape index (κ2) is 8.82. The summed E-state index contributed by atoms with van der Waals surface area (Å²) in [4.78, 5) is 14.6. The molecule has 0 aromatic rings. The van der Waals surface area contributed by atoms with E-state index in [0.717, 1.165) is 54.4 Å². The number of hydrogen-bond acceptors (Lipinski definition) is 4. The Morgan fingerprint density at radius 3 is 2.54 bits per heavy atom. The van der Waals surface area contributed by atoms with Gasteiger partial charge in [0.2, 0.25) is 0 Å². The van der Waals surface area contributed by atoms with Crippen LogP contribution in [0.1, 0.15) is 92.4 Å². The maximum Gasteiger partial charge on any atom is 0.302 e. The number of halogens is 1. The summed E-state index contributed by atoms with van der Waals surface area (Å²) in [5.41, 5.74) is 0.839. The zero-order chi connectivity index (χ0) is 24.7. The molecule has 2 saturated heterocycles. The minimum Gasteiger partial charge on any atom is -0.463 e. The van der Waals surface area contributed by atoms with Crippen LogP contribution in [0.4, 0.5) is 0 Å². The highest BCUT2D eigenvalue weighted by atomic mass is 79.9. The second-order valence-electron chi connectivity index (χ2n) is 14.3. The Kier molecular flexibility index (Phi) is 6.27. The number of nitrogens with zero attached hydrogens (tertiary/aromatic N) is 2. The van der Waals surface area contributed by atoms with Crippen LogP contribution >= 0.6 is 16.1 Å². The van der Waals surface area contributed by atoms with Crippen molar-refractivity contribution in [2.45, 2.75) is 111 Å². The van der Waals surface area contributed by atoms with E-state index in [4.69, 9.17) is 4.74 Å². The van der Waals surface area contributed by atoms with E-state index >= 15 is 0 Å². The van der Waals surface area contributed by atoms with Gasteiger partial charge in [0.05, 0.1) is 16.1 Å². The molecule has 6 fully saturated rings. The van der Waals surface area contributed by atoms with Crippen molar-refractivity contribution in [3.63, 3.8) is 0 Å². The molecule has 2 heterocycles. The van der Waals surface area contributed by atoms with Crippen LogP contribution in [0.5, 0.6) is 0 Å². The lowest BCUT2D eigenvalue weighted by atomic mass is 9.43. The van der Waals surface area contributed by atoms with E-state index in [2.05, 4.69) is 59.0 Å². The largest absolute Gasteiger partial charge is 0.463 e. The fourth-order valence-electron chi connectivity index (χ4n) is 11.7. The molecule has 0 aromatic heterocycles. The van der Waals surface area contributed by atoms with Gasteiger partial charge < -0.3 is 4.74 Å². The van der Waals surface area contributed by atoms with Crippen LogP contribution in [0.25, 0.3) is 0 Å². The average molecular weight is 548 g/mol. The number of ether oxygens (including phenoxy) is 1. The van der Waals surface area contributed by atoms with Crippen LogP contribution in [-0.2, 0) is 9.53 Å². The van der Waals surface area contributed by atoms with E-state index in [0.29, 0.717) is 28.7 Å². The first kappa shape index (κ1) is 24.9. The number of fused-ring (bicyclic) bond motifs is 9. The quantitative estimate of drug-likeness (QED) is 0.279. The van der Waals surface area contributed by atoms with Gasteiger partial charge in [0.25, 0.3) is 0 Å². The van der Waals surface area contributed by atoms with Crippen molar-refractivity contribution in [1.82, 2.24) is 4.90 Å². The fourth-order valence-corrected chi connectivity index (χ4v) is 12.0. The van der Waals surface area contributed by atoms with Gasteiger partial charge in [-0.3, -0.25) is 9.69 Å². The SMILES string of the molecule is CC(=O)OC1CCC2(C)C(CCC3C2CCC2(C)C3C(C=NBr)C3C2C(C)C2CCC(C)CN23)C1. The van der Waals surface area contributed by atoms with E-state index in [1.165, 1.54) is 51.5 Å². The molecule has 4 saturated carbocycles. The first-order valence-electron chi connectivity index (χ1n) is 14.8. The molecule has 13 unspecified atom stereocenters. The Bertz CT molecular complexity index is 878. The van der Waals surface area contributed by atoms with Crippen LogP contribution in [0, 0.1) is 58.2 Å². The first-order chi connectivity index (χ1) is 16.7. The van der Waals surface area contributed by atoms with Crippen LogP contribution in [0.2, 0.25) is 0 Å². The molecular formula is C30H47BrN2O2. The van der Waals surface area contributed by atoms with Crippen molar-refractivity contribution in [3.8, 4) is 0 Å². The zero-order valence-corrected chi connectivity index (χ0v) is 24.2. The molecule has 196 valence electrons. The third kappa shape index (κ3) is 3.59. The number of esters is 1. The highest BCUT2D eigenvalue weighted by Crippen LogP contribution is 2.72. The standard InChI is InChI=1S/C30H47BrN2O2/c1-17-6-9-25-18(2)26-28(33(25)16-17)23(15-32-31)27-22-8-7-20-14-21(35-19(3)34)10-12-29(20,4)24(22)11-13-30(26,27)5/h15,17-18,20-28H,6-14,16H2,1-5H3. The molecule has 13 atom stereocenters. The van der Waals surface area contributed by atoms with Gasteiger partial charge in [-0.25, -0.2) is 4.02 Å². The number of hydrogen-bond donors (Lipinski definition) is 0. The monoisotopic (exact) mass is 546 g/mol. The molecule has 0 radical (unpaired) electrons. The molecule has 0 aromatic carbocycles. The van der Waals surface area contributed by atoms with Crippen LogP contribution in [0.15, 0.2) is 4.02 Å². The summed E-state index contributed by atoms with van der Waals surface area (Å²) in [5, 5.41) is 0. The molecule has 0 bridgehead atoms. The zero-order valence-electron chi connectivity index (χ0n) is 22.6. The van der Waals surface area contributed by atoms with Gasteiger partial charge in [-0.2, -0.15) is 0 Å². The van der Waals surface area contributed by atoms with E-state index in [9.17, 15) is 4.79 Å². The van der Waals surface area contributed by atoms with E-state index < -0.39 is 0 Å². The van der Waals surface area contributed by atoms with Crippen molar-refractivity contribution in [2.75, 3.05) is 6.54 Å². The molecule has 0 N–H and O–H groups in total. The lowest BCUT2D eigenvalue weighted by Gasteiger charge is -2.61. The van der Waals surface area contributed by atoms with E-state index in [1.807, 2.05) is 0 Å². The molecule has 0 amide bonds. The topological polar surface area (TPSA) is 41.9 Å².